The van der Waals surface area contributed by atoms with Crippen LogP contribution in [-0.2, 0) is 6.54 Å². The monoisotopic (exact) mass is 342 g/mol. The van der Waals surface area contributed by atoms with E-state index in [9.17, 15) is 9.59 Å². The quantitative estimate of drug-likeness (QED) is 0.791. The Labute approximate surface area is 143 Å². The van der Waals surface area contributed by atoms with Crippen LogP contribution in [-0.4, -0.2) is 32.6 Å². The van der Waals surface area contributed by atoms with Gasteiger partial charge in [0.1, 0.15) is 5.02 Å². The first-order chi connectivity index (χ1) is 11.5. The van der Waals surface area contributed by atoms with Crippen LogP contribution < -0.4 is 5.56 Å². The smallest absolute Gasteiger partial charge is 0.266 e. The van der Waals surface area contributed by atoms with Gasteiger partial charge >= 0.3 is 0 Å². The predicted octanol–water partition coefficient (Wildman–Crippen LogP) is 2.49. The SMILES string of the molecule is CN(Cc1cnn(-c2ccccc2)c1)C(=O)c1c[nH]c(=O)c(Cl)c1. The molecule has 6 nitrogen and oxygen atoms in total. The van der Waals surface area contributed by atoms with Crippen LogP contribution in [0.25, 0.3) is 5.69 Å². The molecule has 0 spiro atoms. The summed E-state index contributed by atoms with van der Waals surface area (Å²) in [4.78, 5) is 27.7. The number of aromatic amines is 1. The molecule has 122 valence electrons. The summed E-state index contributed by atoms with van der Waals surface area (Å²) < 4.78 is 1.75. The second kappa shape index (κ2) is 6.72. The Balaban J connectivity index is 1.74. The zero-order valence-corrected chi connectivity index (χ0v) is 13.7. The predicted molar refractivity (Wildman–Crippen MR) is 91.4 cm³/mol. The van der Waals surface area contributed by atoms with Crippen molar-refractivity contribution in [2.24, 2.45) is 0 Å². The highest BCUT2D eigenvalue weighted by Gasteiger charge is 2.14. The molecule has 7 heteroatoms. The van der Waals surface area contributed by atoms with Crippen molar-refractivity contribution in [2.75, 3.05) is 7.05 Å². The maximum absolute atomic E-state index is 12.4. The lowest BCUT2D eigenvalue weighted by molar-refractivity contribution is 0.0784. The van der Waals surface area contributed by atoms with Crippen LogP contribution in [0.4, 0.5) is 0 Å². The Morgan fingerprint density at radius 1 is 1.33 bits per heavy atom. The molecule has 0 fully saturated rings. The number of amides is 1. The number of nitrogens with one attached hydrogen (secondary N) is 1. The van der Waals surface area contributed by atoms with E-state index in [-0.39, 0.29) is 10.9 Å². The summed E-state index contributed by atoms with van der Waals surface area (Å²) in [6, 6.07) is 11.1. The Morgan fingerprint density at radius 3 is 2.79 bits per heavy atom. The zero-order chi connectivity index (χ0) is 17.1. The average molecular weight is 343 g/mol. The van der Waals surface area contributed by atoms with Gasteiger partial charge in [-0.15, -0.1) is 0 Å². The Hall–Kier alpha value is -2.86. The topological polar surface area (TPSA) is 71.0 Å². The molecule has 24 heavy (non-hydrogen) atoms. The maximum atomic E-state index is 12.4. The summed E-state index contributed by atoms with van der Waals surface area (Å²) in [5.41, 5.74) is 1.76. The van der Waals surface area contributed by atoms with Crippen LogP contribution in [0.3, 0.4) is 0 Å². The van der Waals surface area contributed by atoms with Gasteiger partial charge in [0.15, 0.2) is 0 Å². The molecule has 1 aromatic carbocycles. The van der Waals surface area contributed by atoms with Gasteiger partial charge in [0, 0.05) is 31.5 Å². The van der Waals surface area contributed by atoms with E-state index in [1.165, 1.54) is 17.2 Å². The lowest BCUT2D eigenvalue weighted by Gasteiger charge is -2.16. The van der Waals surface area contributed by atoms with Gasteiger partial charge in [0.25, 0.3) is 11.5 Å². The van der Waals surface area contributed by atoms with E-state index in [0.717, 1.165) is 11.3 Å². The second-order valence-corrected chi connectivity index (χ2v) is 5.76. The Kier molecular flexibility index (Phi) is 4.48. The fraction of sp³-hybridized carbons (Fsp3) is 0.118. The molecule has 0 aliphatic carbocycles. The van der Waals surface area contributed by atoms with E-state index in [4.69, 9.17) is 11.6 Å². The summed E-state index contributed by atoms with van der Waals surface area (Å²) in [5, 5.41) is 4.30. The van der Waals surface area contributed by atoms with Gasteiger partial charge in [-0.25, -0.2) is 4.68 Å². The van der Waals surface area contributed by atoms with E-state index in [0.29, 0.717) is 12.1 Å². The lowest BCUT2D eigenvalue weighted by Crippen LogP contribution is -2.26. The molecule has 0 unspecified atom stereocenters. The molecule has 3 rings (SSSR count). The van der Waals surface area contributed by atoms with Crippen molar-refractivity contribution >= 4 is 17.5 Å². The molecule has 0 saturated carbocycles. The summed E-state index contributed by atoms with van der Waals surface area (Å²) in [5.74, 6) is -0.236. The number of rotatable bonds is 4. The summed E-state index contributed by atoms with van der Waals surface area (Å²) in [6.45, 7) is 0.391. The first-order valence-corrected chi connectivity index (χ1v) is 7.65. The van der Waals surface area contributed by atoms with E-state index >= 15 is 0 Å². The summed E-state index contributed by atoms with van der Waals surface area (Å²) in [7, 11) is 1.68. The van der Waals surface area contributed by atoms with Gasteiger partial charge in [-0.1, -0.05) is 29.8 Å². The molecular formula is C17H15ClN4O2. The van der Waals surface area contributed by atoms with Crippen LogP contribution in [0.5, 0.6) is 0 Å². The van der Waals surface area contributed by atoms with Gasteiger partial charge in [-0.3, -0.25) is 9.59 Å². The van der Waals surface area contributed by atoms with Gasteiger partial charge in [-0.05, 0) is 18.2 Å². The number of nitrogens with zero attached hydrogens (tertiary/aromatic N) is 3. The van der Waals surface area contributed by atoms with E-state index in [1.807, 2.05) is 36.5 Å². The molecule has 0 saturated heterocycles. The second-order valence-electron chi connectivity index (χ2n) is 5.36. The number of hydrogen-bond donors (Lipinski definition) is 1. The standard InChI is InChI=1S/C17H15ClN4O2/c1-21(17(24)13-7-15(18)16(23)19-9-13)10-12-8-20-22(11-12)14-5-3-2-4-6-14/h2-9,11H,10H2,1H3,(H,19,23). The highest BCUT2D eigenvalue weighted by Crippen LogP contribution is 2.12. The van der Waals surface area contributed by atoms with Crippen LogP contribution in [0, 0.1) is 0 Å². The van der Waals surface area contributed by atoms with Crippen molar-refractivity contribution in [2.45, 2.75) is 6.54 Å². The van der Waals surface area contributed by atoms with E-state index < -0.39 is 5.56 Å². The third-order valence-electron chi connectivity index (χ3n) is 3.53. The highest BCUT2D eigenvalue weighted by molar-refractivity contribution is 6.30. The number of H-pyrrole nitrogens is 1. The van der Waals surface area contributed by atoms with Crippen LogP contribution in [0.2, 0.25) is 5.02 Å². The number of carbonyl (C=O) groups is 1. The molecule has 1 amide bonds. The molecule has 0 atom stereocenters. The fourth-order valence-corrected chi connectivity index (χ4v) is 2.48. The van der Waals surface area contributed by atoms with Gasteiger partial charge in [0.2, 0.25) is 0 Å². The van der Waals surface area contributed by atoms with Crippen molar-refractivity contribution in [3.05, 3.63) is 81.5 Å². The van der Waals surface area contributed by atoms with Crippen molar-refractivity contribution < 1.29 is 4.79 Å². The number of carbonyl (C=O) groups excluding carboxylic acids is 1. The number of para-hydroxylation sites is 1. The van der Waals surface area contributed by atoms with Crippen LogP contribution >= 0.6 is 11.6 Å². The minimum atomic E-state index is -0.417. The number of benzene rings is 1. The van der Waals surface area contributed by atoms with Gasteiger partial charge < -0.3 is 9.88 Å². The molecule has 3 aromatic rings. The first kappa shape index (κ1) is 16.0. The van der Waals surface area contributed by atoms with Crippen molar-refractivity contribution in [3.63, 3.8) is 0 Å². The number of aromatic nitrogens is 3. The molecule has 1 N–H and O–H groups in total. The van der Waals surface area contributed by atoms with Crippen LogP contribution in [0.1, 0.15) is 15.9 Å². The number of pyridine rings is 1. The first-order valence-electron chi connectivity index (χ1n) is 7.27. The molecular weight excluding hydrogens is 328 g/mol. The summed E-state index contributed by atoms with van der Waals surface area (Å²) in [6.07, 6.45) is 4.95. The molecule has 0 bridgehead atoms. The van der Waals surface area contributed by atoms with Crippen molar-refractivity contribution in [3.8, 4) is 5.69 Å². The maximum Gasteiger partial charge on any atom is 0.266 e. The van der Waals surface area contributed by atoms with E-state index in [2.05, 4.69) is 10.1 Å². The molecule has 2 aromatic heterocycles. The summed E-state index contributed by atoms with van der Waals surface area (Å²) >= 11 is 5.77. The average Bonchev–Trinajstić information content (AvgIpc) is 3.06. The molecule has 0 aliphatic rings. The fourth-order valence-electron chi connectivity index (χ4n) is 2.31. The number of halogens is 1. The highest BCUT2D eigenvalue weighted by atomic mass is 35.5. The van der Waals surface area contributed by atoms with Crippen molar-refractivity contribution in [1.82, 2.24) is 19.7 Å². The van der Waals surface area contributed by atoms with Crippen molar-refractivity contribution in [1.29, 1.82) is 0 Å². The van der Waals surface area contributed by atoms with Crippen LogP contribution in [0.15, 0.2) is 59.8 Å². The zero-order valence-electron chi connectivity index (χ0n) is 12.9. The third kappa shape index (κ3) is 3.38. The van der Waals surface area contributed by atoms with E-state index in [1.54, 1.807) is 17.9 Å². The normalized spacial score (nSPS) is 10.6. The Bertz CT molecular complexity index is 918. The minimum Gasteiger partial charge on any atom is -0.337 e. The largest absolute Gasteiger partial charge is 0.337 e. The van der Waals surface area contributed by atoms with Gasteiger partial charge in [-0.2, -0.15) is 5.10 Å². The molecule has 0 aliphatic heterocycles. The minimum absolute atomic E-state index is 0.00820. The van der Waals surface area contributed by atoms with Gasteiger partial charge in [0.05, 0.1) is 17.4 Å². The Morgan fingerprint density at radius 2 is 2.08 bits per heavy atom. The molecule has 2 heterocycles. The lowest BCUT2D eigenvalue weighted by atomic mass is 10.2. The number of hydrogen-bond acceptors (Lipinski definition) is 3. The third-order valence-corrected chi connectivity index (χ3v) is 3.81. The molecule has 0 radical (unpaired) electrons.